The predicted molar refractivity (Wildman–Crippen MR) is 116 cm³/mol. The molecule has 0 amide bonds. The van der Waals surface area contributed by atoms with E-state index in [1.807, 2.05) is 14.1 Å². The molecule has 0 spiro atoms. The van der Waals surface area contributed by atoms with Crippen molar-refractivity contribution in [3.8, 4) is 0 Å². The zero-order valence-electron chi connectivity index (χ0n) is 18.7. The van der Waals surface area contributed by atoms with Crippen LogP contribution < -0.4 is 0 Å². The van der Waals surface area contributed by atoms with Gasteiger partial charge in [-0.3, -0.25) is 13.6 Å². The Morgan fingerprint density at radius 1 is 0.667 bits per heavy atom. The molecule has 4 unspecified atom stereocenters. The molecule has 0 aromatic heterocycles. The second-order valence-electron chi connectivity index (χ2n) is 5.93. The molecule has 0 fully saturated rings. The Labute approximate surface area is 182 Å². The van der Waals surface area contributed by atoms with Crippen molar-refractivity contribution in [1.82, 2.24) is 0 Å². The summed E-state index contributed by atoms with van der Waals surface area (Å²) in [5, 5.41) is 17.4. The summed E-state index contributed by atoms with van der Waals surface area (Å²) in [6.45, 7) is 21.5. The van der Waals surface area contributed by atoms with E-state index in [0.717, 1.165) is 38.8 Å². The van der Waals surface area contributed by atoms with Crippen molar-refractivity contribution in [3.05, 3.63) is 21.3 Å². The average Bonchev–Trinajstić information content (AvgIpc) is 2.72. The van der Waals surface area contributed by atoms with E-state index in [4.69, 9.17) is 9.59 Å². The van der Waals surface area contributed by atoms with Crippen LogP contribution >= 0.6 is 0 Å². The van der Waals surface area contributed by atoms with Crippen LogP contribution in [0.4, 0.5) is 0 Å². The van der Waals surface area contributed by atoms with E-state index >= 15 is 0 Å². The van der Waals surface area contributed by atoms with Gasteiger partial charge in [-0.15, -0.1) is 0 Å². The maximum Gasteiger partial charge on any atom is 6.00 e. The smallest absolute Gasteiger partial charge is 0.680 e. The third-order valence-electron chi connectivity index (χ3n) is 3.91. The summed E-state index contributed by atoms with van der Waals surface area (Å²) in [6, 6.07) is 0. The van der Waals surface area contributed by atoms with Crippen LogP contribution in [0.15, 0.2) is 0 Å². The van der Waals surface area contributed by atoms with E-state index in [1.54, 1.807) is 0 Å². The Kier molecular flexibility index (Phi) is 46.4. The van der Waals surface area contributed by atoms with Crippen molar-refractivity contribution < 1.29 is 29.1 Å². The molecule has 0 bridgehead atoms. The zero-order chi connectivity index (χ0) is 21.4. The van der Waals surface area contributed by atoms with Crippen LogP contribution in [0.5, 0.6) is 0 Å². The molecule has 0 rings (SSSR count). The fourth-order valence-corrected chi connectivity index (χ4v) is 1.98. The Morgan fingerprint density at radius 3 is 1.07 bits per heavy atom. The summed E-state index contributed by atoms with van der Waals surface area (Å²) >= 11 is 0. The van der Waals surface area contributed by atoms with Gasteiger partial charge < -0.3 is 30.9 Å². The van der Waals surface area contributed by atoms with Crippen LogP contribution in [0.25, 0.3) is 21.3 Å². The van der Waals surface area contributed by atoms with Gasteiger partial charge in [0.05, 0.1) is 0 Å². The Morgan fingerprint density at radius 2 is 0.926 bits per heavy atom. The molecule has 0 saturated heterocycles. The van der Waals surface area contributed by atoms with Crippen molar-refractivity contribution in [3.63, 3.8) is 0 Å². The van der Waals surface area contributed by atoms with Gasteiger partial charge in [-0.25, -0.2) is 12.3 Å². The molecule has 0 saturated carbocycles. The van der Waals surface area contributed by atoms with E-state index in [9.17, 15) is 0 Å². The molecule has 0 aliphatic rings. The van der Waals surface area contributed by atoms with Crippen LogP contribution in [-0.4, -0.2) is 53.1 Å². The standard InChI is InChI=1S/2C9H20N2.2CHO.Ru/c2*1-5-7-11-9(10-4)8(3)6-2;2*1-2;/h2*8-9H,5-7H2,1-4H3;2*1H;/q2*-2;2*-1;+6. The number of carbonyl (C=O) groups excluding carboxylic acids is 2. The van der Waals surface area contributed by atoms with Crippen LogP contribution in [0.2, 0.25) is 0 Å². The fraction of sp³-hybridized carbons (Fsp3) is 0.900. The van der Waals surface area contributed by atoms with Gasteiger partial charge in [0.2, 0.25) is 0 Å². The van der Waals surface area contributed by atoms with Gasteiger partial charge in [0.15, 0.2) is 0 Å². The number of hydrogen-bond donors (Lipinski definition) is 0. The van der Waals surface area contributed by atoms with Gasteiger partial charge in [-0.2, -0.15) is 27.2 Å². The SMILES string of the molecule is CCC[N-]C([N-]C)C(C)CC.CCC[N-]C([N-]C)C(C)CC.[CH-]=O.[CH-]=O.[Ru+6]. The van der Waals surface area contributed by atoms with Gasteiger partial charge >= 0.3 is 19.5 Å². The van der Waals surface area contributed by atoms with E-state index < -0.39 is 0 Å². The molecule has 6 nitrogen and oxygen atoms in total. The minimum Gasteiger partial charge on any atom is -0.680 e. The molecule has 0 aliphatic heterocycles. The number of rotatable bonds is 12. The second-order valence-corrected chi connectivity index (χ2v) is 5.93. The first kappa shape index (κ1) is 37.5. The van der Waals surface area contributed by atoms with Crippen LogP contribution in [0.1, 0.15) is 67.2 Å². The summed E-state index contributed by atoms with van der Waals surface area (Å²) in [5.41, 5.74) is 0. The van der Waals surface area contributed by atoms with E-state index in [2.05, 4.69) is 76.4 Å². The Balaban J connectivity index is -0.0000000975. The maximum atomic E-state index is 7.75. The third kappa shape index (κ3) is 25.8. The Hall–Kier alpha value is -0.197. The molecule has 0 heterocycles. The second kappa shape index (κ2) is 33.4. The summed E-state index contributed by atoms with van der Waals surface area (Å²) in [4.78, 5) is 15.5. The minimum absolute atomic E-state index is 0. The van der Waals surface area contributed by atoms with E-state index in [1.165, 1.54) is 0 Å². The molecule has 0 aromatic carbocycles. The van der Waals surface area contributed by atoms with Crippen molar-refractivity contribution >= 4 is 13.6 Å². The van der Waals surface area contributed by atoms with Crippen LogP contribution in [0.3, 0.4) is 0 Å². The topological polar surface area (TPSA) is 90.5 Å². The van der Waals surface area contributed by atoms with E-state index in [-0.39, 0.29) is 31.8 Å². The third-order valence-corrected chi connectivity index (χ3v) is 3.91. The molecular formula is C20H42N4O2Ru. The van der Waals surface area contributed by atoms with Gasteiger partial charge in [-0.05, 0) is 0 Å². The normalized spacial score (nSPS) is 13.6. The summed E-state index contributed by atoms with van der Waals surface area (Å²) in [7, 11) is 3.71. The van der Waals surface area contributed by atoms with Gasteiger partial charge in [-0.1, -0.05) is 79.1 Å². The fourth-order valence-electron chi connectivity index (χ4n) is 1.98. The van der Waals surface area contributed by atoms with Crippen molar-refractivity contribution in [2.75, 3.05) is 27.2 Å². The van der Waals surface area contributed by atoms with Crippen molar-refractivity contribution in [1.29, 1.82) is 0 Å². The summed E-state index contributed by atoms with van der Waals surface area (Å²) < 4.78 is 0. The van der Waals surface area contributed by atoms with Crippen molar-refractivity contribution in [2.45, 2.75) is 79.6 Å². The molecule has 162 valence electrons. The van der Waals surface area contributed by atoms with Gasteiger partial charge in [0, 0.05) is 0 Å². The molecule has 0 radical (unpaired) electrons. The molecule has 4 atom stereocenters. The largest absolute Gasteiger partial charge is 6.00 e. The van der Waals surface area contributed by atoms with Crippen LogP contribution in [-0.2, 0) is 29.1 Å². The van der Waals surface area contributed by atoms with Crippen molar-refractivity contribution in [2.24, 2.45) is 11.8 Å². The molecule has 27 heavy (non-hydrogen) atoms. The minimum atomic E-state index is 0. The first-order chi connectivity index (χ1) is 12.5. The van der Waals surface area contributed by atoms with Crippen LogP contribution in [0, 0.1) is 11.8 Å². The molecule has 0 N–H and O–H groups in total. The van der Waals surface area contributed by atoms with E-state index in [0.29, 0.717) is 11.8 Å². The average molecular weight is 472 g/mol. The molecule has 7 heteroatoms. The zero-order valence-corrected chi connectivity index (χ0v) is 20.4. The monoisotopic (exact) mass is 472 g/mol. The molecule has 0 aliphatic carbocycles. The Bertz CT molecular complexity index is 228. The molecule has 0 aromatic rings. The summed E-state index contributed by atoms with van der Waals surface area (Å²) in [6.07, 6.45) is 5.05. The predicted octanol–water partition coefficient (Wildman–Crippen LogP) is 5.74. The summed E-state index contributed by atoms with van der Waals surface area (Å²) in [5.74, 6) is 1.21. The number of hydrogen-bond acceptors (Lipinski definition) is 2. The maximum absolute atomic E-state index is 7.75. The first-order valence-electron chi connectivity index (χ1n) is 9.50. The first-order valence-corrected chi connectivity index (χ1v) is 9.50. The number of nitrogens with zero attached hydrogens (tertiary/aromatic N) is 4. The van der Waals surface area contributed by atoms with Gasteiger partial charge in [0.1, 0.15) is 0 Å². The molecular weight excluding hydrogens is 429 g/mol. The van der Waals surface area contributed by atoms with Gasteiger partial charge in [0.25, 0.3) is 0 Å². The quantitative estimate of drug-likeness (QED) is 0.206.